The van der Waals surface area contributed by atoms with Crippen LogP contribution in [0.1, 0.15) is 24.0 Å². The minimum absolute atomic E-state index is 0.738. The second-order valence-corrected chi connectivity index (χ2v) is 6.30. The monoisotopic (exact) mass is 273 g/mol. The predicted octanol–water partition coefficient (Wildman–Crippen LogP) is 2.18. The SMILES string of the molecule is Cc1cccc(N2CCN(C[C@H]3CCCN3)CC2)c1C. The molecule has 0 aromatic heterocycles. The van der Waals surface area contributed by atoms with E-state index in [2.05, 4.69) is 47.2 Å². The molecule has 0 amide bonds. The Balaban J connectivity index is 1.56. The topological polar surface area (TPSA) is 18.5 Å². The van der Waals surface area contributed by atoms with Gasteiger partial charge in [0, 0.05) is 44.5 Å². The van der Waals surface area contributed by atoms with Crippen molar-refractivity contribution in [1.29, 1.82) is 0 Å². The van der Waals surface area contributed by atoms with E-state index in [1.165, 1.54) is 55.8 Å². The molecule has 3 nitrogen and oxygen atoms in total. The number of rotatable bonds is 3. The minimum atomic E-state index is 0.738. The first-order chi connectivity index (χ1) is 9.74. The summed E-state index contributed by atoms with van der Waals surface area (Å²) in [6.07, 6.45) is 2.71. The number of piperazine rings is 1. The van der Waals surface area contributed by atoms with Crippen LogP contribution in [-0.2, 0) is 0 Å². The molecular formula is C17H27N3. The zero-order valence-electron chi connectivity index (χ0n) is 12.9. The largest absolute Gasteiger partial charge is 0.369 e. The molecular weight excluding hydrogens is 246 g/mol. The lowest BCUT2D eigenvalue weighted by atomic mass is 10.1. The van der Waals surface area contributed by atoms with Crippen LogP contribution in [0.4, 0.5) is 5.69 Å². The maximum Gasteiger partial charge on any atom is 0.0399 e. The summed E-state index contributed by atoms with van der Waals surface area (Å²) in [7, 11) is 0. The normalized spacial score (nSPS) is 24.3. The van der Waals surface area contributed by atoms with E-state index < -0.39 is 0 Å². The minimum Gasteiger partial charge on any atom is -0.369 e. The lowest BCUT2D eigenvalue weighted by molar-refractivity contribution is 0.236. The van der Waals surface area contributed by atoms with Crippen molar-refractivity contribution < 1.29 is 0 Å². The van der Waals surface area contributed by atoms with Gasteiger partial charge < -0.3 is 10.2 Å². The van der Waals surface area contributed by atoms with Crippen molar-refractivity contribution in [3.8, 4) is 0 Å². The zero-order chi connectivity index (χ0) is 13.9. The van der Waals surface area contributed by atoms with Crippen molar-refractivity contribution >= 4 is 5.69 Å². The average molecular weight is 273 g/mol. The molecule has 2 aliphatic rings. The summed E-state index contributed by atoms with van der Waals surface area (Å²) in [4.78, 5) is 5.19. The third kappa shape index (κ3) is 2.99. The fourth-order valence-electron chi connectivity index (χ4n) is 3.47. The van der Waals surface area contributed by atoms with Crippen molar-refractivity contribution in [3.63, 3.8) is 0 Å². The molecule has 0 aliphatic carbocycles. The van der Waals surface area contributed by atoms with Gasteiger partial charge in [0.1, 0.15) is 0 Å². The molecule has 0 saturated carbocycles. The van der Waals surface area contributed by atoms with E-state index in [1.54, 1.807) is 0 Å². The molecule has 0 spiro atoms. The molecule has 1 aromatic rings. The molecule has 110 valence electrons. The van der Waals surface area contributed by atoms with Gasteiger partial charge in [0.05, 0.1) is 0 Å². The van der Waals surface area contributed by atoms with Crippen molar-refractivity contribution in [1.82, 2.24) is 10.2 Å². The summed E-state index contributed by atoms with van der Waals surface area (Å²) >= 11 is 0. The Bertz CT molecular complexity index is 444. The molecule has 0 unspecified atom stereocenters. The van der Waals surface area contributed by atoms with Crippen LogP contribution in [0.3, 0.4) is 0 Å². The lowest BCUT2D eigenvalue weighted by Gasteiger charge is -2.38. The van der Waals surface area contributed by atoms with Crippen molar-refractivity contribution in [2.45, 2.75) is 32.7 Å². The average Bonchev–Trinajstić information content (AvgIpc) is 2.96. The standard InChI is InChI=1S/C17H27N3/c1-14-5-3-7-17(15(14)2)20-11-9-19(10-12-20)13-16-6-4-8-18-16/h3,5,7,16,18H,4,6,8-13H2,1-2H3/t16-/m1/s1. The molecule has 2 heterocycles. The number of anilines is 1. The smallest absolute Gasteiger partial charge is 0.0399 e. The highest BCUT2D eigenvalue weighted by Gasteiger charge is 2.22. The molecule has 1 atom stereocenters. The number of benzene rings is 1. The van der Waals surface area contributed by atoms with Gasteiger partial charge in [-0.2, -0.15) is 0 Å². The highest BCUT2D eigenvalue weighted by molar-refractivity contribution is 5.56. The first-order valence-electron chi connectivity index (χ1n) is 8.01. The second-order valence-electron chi connectivity index (χ2n) is 6.30. The Kier molecular flexibility index (Phi) is 4.27. The summed E-state index contributed by atoms with van der Waals surface area (Å²) < 4.78 is 0. The van der Waals surface area contributed by atoms with E-state index in [4.69, 9.17) is 0 Å². The van der Waals surface area contributed by atoms with E-state index in [-0.39, 0.29) is 0 Å². The Labute approximate surface area is 123 Å². The number of nitrogens with one attached hydrogen (secondary N) is 1. The van der Waals surface area contributed by atoms with Crippen LogP contribution in [0.25, 0.3) is 0 Å². The molecule has 2 aliphatic heterocycles. The lowest BCUT2D eigenvalue weighted by Crippen LogP contribution is -2.50. The maximum atomic E-state index is 3.61. The van der Waals surface area contributed by atoms with Crippen molar-refractivity contribution in [3.05, 3.63) is 29.3 Å². The fraction of sp³-hybridized carbons (Fsp3) is 0.647. The molecule has 1 aromatic carbocycles. The third-order valence-electron chi connectivity index (χ3n) is 4.93. The van der Waals surface area contributed by atoms with Gasteiger partial charge in [0.25, 0.3) is 0 Å². The van der Waals surface area contributed by atoms with Crippen LogP contribution < -0.4 is 10.2 Å². The van der Waals surface area contributed by atoms with Crippen LogP contribution in [0, 0.1) is 13.8 Å². The molecule has 2 saturated heterocycles. The van der Waals surface area contributed by atoms with Crippen LogP contribution in [0.2, 0.25) is 0 Å². The van der Waals surface area contributed by atoms with E-state index in [1.807, 2.05) is 0 Å². The van der Waals surface area contributed by atoms with Crippen LogP contribution >= 0.6 is 0 Å². The van der Waals surface area contributed by atoms with E-state index >= 15 is 0 Å². The predicted molar refractivity (Wildman–Crippen MR) is 85.6 cm³/mol. The number of aryl methyl sites for hydroxylation is 1. The van der Waals surface area contributed by atoms with Crippen LogP contribution in [0.15, 0.2) is 18.2 Å². The highest BCUT2D eigenvalue weighted by Crippen LogP contribution is 2.24. The van der Waals surface area contributed by atoms with Gasteiger partial charge in [0.2, 0.25) is 0 Å². The van der Waals surface area contributed by atoms with E-state index in [0.29, 0.717) is 0 Å². The highest BCUT2D eigenvalue weighted by atomic mass is 15.3. The van der Waals surface area contributed by atoms with Gasteiger partial charge in [0.15, 0.2) is 0 Å². The molecule has 0 bridgehead atoms. The Morgan fingerprint density at radius 3 is 2.65 bits per heavy atom. The molecule has 20 heavy (non-hydrogen) atoms. The summed E-state index contributed by atoms with van der Waals surface area (Å²) in [6, 6.07) is 7.41. The Hall–Kier alpha value is -1.06. The molecule has 2 fully saturated rings. The molecule has 0 radical (unpaired) electrons. The second kappa shape index (κ2) is 6.15. The molecule has 1 N–H and O–H groups in total. The summed E-state index contributed by atoms with van der Waals surface area (Å²) in [5.41, 5.74) is 4.28. The molecule has 3 heteroatoms. The third-order valence-corrected chi connectivity index (χ3v) is 4.93. The summed E-state index contributed by atoms with van der Waals surface area (Å²) in [5, 5.41) is 3.61. The first-order valence-corrected chi connectivity index (χ1v) is 8.01. The Morgan fingerprint density at radius 2 is 1.95 bits per heavy atom. The summed E-state index contributed by atoms with van der Waals surface area (Å²) in [6.45, 7) is 11.6. The van der Waals surface area contributed by atoms with Crippen molar-refractivity contribution in [2.75, 3.05) is 44.2 Å². The summed E-state index contributed by atoms with van der Waals surface area (Å²) in [5.74, 6) is 0. The fourth-order valence-corrected chi connectivity index (χ4v) is 3.47. The van der Waals surface area contributed by atoms with Crippen LogP contribution in [0.5, 0.6) is 0 Å². The number of hydrogen-bond acceptors (Lipinski definition) is 3. The van der Waals surface area contributed by atoms with Gasteiger partial charge in [-0.15, -0.1) is 0 Å². The number of nitrogens with zero attached hydrogens (tertiary/aromatic N) is 2. The van der Waals surface area contributed by atoms with Gasteiger partial charge in [-0.25, -0.2) is 0 Å². The van der Waals surface area contributed by atoms with E-state index in [9.17, 15) is 0 Å². The zero-order valence-corrected chi connectivity index (χ0v) is 12.9. The van der Waals surface area contributed by atoms with Gasteiger partial charge in [-0.3, -0.25) is 4.90 Å². The number of hydrogen-bond donors (Lipinski definition) is 1. The maximum absolute atomic E-state index is 3.61. The van der Waals surface area contributed by atoms with E-state index in [0.717, 1.165) is 19.1 Å². The van der Waals surface area contributed by atoms with Crippen LogP contribution in [-0.4, -0.2) is 50.2 Å². The van der Waals surface area contributed by atoms with Crippen molar-refractivity contribution in [2.24, 2.45) is 0 Å². The first kappa shape index (κ1) is 13.9. The Morgan fingerprint density at radius 1 is 1.15 bits per heavy atom. The van der Waals surface area contributed by atoms with Gasteiger partial charge >= 0.3 is 0 Å². The quantitative estimate of drug-likeness (QED) is 0.910. The van der Waals surface area contributed by atoms with Gasteiger partial charge in [-0.05, 0) is 50.4 Å². The van der Waals surface area contributed by atoms with Gasteiger partial charge in [-0.1, -0.05) is 12.1 Å². The molecule has 3 rings (SSSR count).